The van der Waals surface area contributed by atoms with Crippen LogP contribution in [0.4, 0.5) is 0 Å². The largest absolute Gasteiger partial charge is 0.472 e. The van der Waals surface area contributed by atoms with E-state index in [9.17, 15) is 24.2 Å². The fourth-order valence-electron chi connectivity index (χ4n) is 3.49. The van der Waals surface area contributed by atoms with E-state index in [-0.39, 0.29) is 32.1 Å². The normalized spacial score (nSPS) is 13.9. The molecular formula is C27H52NO8P. The number of carbonyl (C=O) groups is 2. The van der Waals surface area contributed by atoms with Crippen LogP contribution in [0.3, 0.4) is 0 Å². The second-order valence-corrected chi connectivity index (χ2v) is 10.8. The minimum Gasteiger partial charge on any atom is -0.463 e. The third kappa shape index (κ3) is 26.2. The van der Waals surface area contributed by atoms with Gasteiger partial charge < -0.3 is 20.1 Å². The fourth-order valence-corrected chi connectivity index (χ4v) is 4.25. The van der Waals surface area contributed by atoms with Crippen LogP contribution in [0.25, 0.3) is 0 Å². The van der Waals surface area contributed by atoms with E-state index in [1.54, 1.807) is 0 Å². The van der Waals surface area contributed by atoms with Crippen LogP contribution in [-0.2, 0) is 27.9 Å². The number of unbranched alkanes of at least 4 members (excludes halogenated alkanes) is 11. The van der Waals surface area contributed by atoms with Crippen LogP contribution in [0.1, 0.15) is 117 Å². The molecule has 9 nitrogen and oxygen atoms in total. The van der Waals surface area contributed by atoms with Gasteiger partial charge in [-0.15, -0.1) is 0 Å². The Morgan fingerprint density at radius 2 is 1.38 bits per heavy atom. The quantitative estimate of drug-likeness (QED) is 0.0520. The van der Waals surface area contributed by atoms with Crippen molar-refractivity contribution in [3.63, 3.8) is 0 Å². The fraction of sp³-hybridized carbons (Fsp3) is 0.852. The second kappa shape index (κ2) is 25.1. The molecule has 10 heteroatoms. The zero-order chi connectivity index (χ0) is 27.6. The first-order valence-electron chi connectivity index (χ1n) is 14.2. The van der Waals surface area contributed by atoms with Crippen LogP contribution in [0, 0.1) is 0 Å². The lowest BCUT2D eigenvalue weighted by Gasteiger charge is -2.15. The lowest BCUT2D eigenvalue weighted by atomic mass is 10.1. The summed E-state index contributed by atoms with van der Waals surface area (Å²) in [6.45, 7) is 3.35. The molecule has 0 spiro atoms. The molecule has 218 valence electrons. The third-order valence-electron chi connectivity index (χ3n) is 5.70. The minimum absolute atomic E-state index is 0.0802. The number of phosphoric ester groups is 1. The minimum atomic E-state index is -4.38. The molecule has 37 heavy (non-hydrogen) atoms. The van der Waals surface area contributed by atoms with Gasteiger partial charge in [0.1, 0.15) is 12.7 Å². The van der Waals surface area contributed by atoms with Gasteiger partial charge in [-0.1, -0.05) is 77.4 Å². The molecule has 0 aromatic rings. The average Bonchev–Trinajstić information content (AvgIpc) is 2.87. The Bertz CT molecular complexity index is 644. The smallest absolute Gasteiger partial charge is 0.463 e. The van der Waals surface area contributed by atoms with E-state index in [1.165, 1.54) is 25.7 Å². The van der Waals surface area contributed by atoms with Crippen LogP contribution >= 0.6 is 7.82 Å². The average molecular weight is 550 g/mol. The summed E-state index contributed by atoms with van der Waals surface area (Å²) in [5.41, 5.74) is 0. The first-order chi connectivity index (χ1) is 17.8. The maximum Gasteiger partial charge on any atom is 0.472 e. The number of phosphoric acid groups is 1. The number of nitrogens with one attached hydrogen (secondary N) is 1. The van der Waals surface area contributed by atoms with Crippen molar-refractivity contribution in [1.29, 1.82) is 0 Å². The molecule has 3 N–H and O–H groups in total. The molecular weight excluding hydrogens is 497 g/mol. The van der Waals surface area contributed by atoms with Crippen molar-refractivity contribution in [2.75, 3.05) is 26.4 Å². The van der Waals surface area contributed by atoms with Crippen LogP contribution in [0.2, 0.25) is 0 Å². The summed E-state index contributed by atoms with van der Waals surface area (Å²) in [5, 5.41) is 12.5. The monoisotopic (exact) mass is 549 g/mol. The van der Waals surface area contributed by atoms with Gasteiger partial charge in [0, 0.05) is 19.4 Å². The number of rotatable bonds is 26. The van der Waals surface area contributed by atoms with E-state index in [0.29, 0.717) is 6.42 Å². The summed E-state index contributed by atoms with van der Waals surface area (Å²) in [5.74, 6) is -0.547. The molecule has 0 aliphatic heterocycles. The zero-order valence-corrected chi connectivity index (χ0v) is 24.1. The summed E-state index contributed by atoms with van der Waals surface area (Å²) in [7, 11) is -4.38. The molecule has 0 bridgehead atoms. The SMILES string of the molecule is CCCCC/C=C\CCCCCCCC(=O)OCC(O)COP(=O)(O)OCCNC(=O)CCCCCC. The Kier molecular flexibility index (Phi) is 24.2. The number of esters is 1. The van der Waals surface area contributed by atoms with Gasteiger partial charge in [-0.05, 0) is 38.5 Å². The second-order valence-electron chi connectivity index (χ2n) is 9.37. The van der Waals surface area contributed by atoms with Crippen molar-refractivity contribution >= 4 is 19.7 Å². The lowest BCUT2D eigenvalue weighted by molar-refractivity contribution is -0.147. The topological polar surface area (TPSA) is 131 Å². The van der Waals surface area contributed by atoms with Gasteiger partial charge in [0.15, 0.2) is 0 Å². The highest BCUT2D eigenvalue weighted by molar-refractivity contribution is 7.47. The molecule has 1 amide bonds. The molecule has 0 rings (SSSR count). The number of allylic oxidation sites excluding steroid dienone is 2. The first-order valence-corrected chi connectivity index (χ1v) is 15.7. The van der Waals surface area contributed by atoms with Crippen molar-refractivity contribution in [1.82, 2.24) is 5.32 Å². The number of aliphatic hydroxyl groups excluding tert-OH is 1. The number of ether oxygens (including phenoxy) is 1. The summed E-state index contributed by atoms with van der Waals surface area (Å²) in [6, 6.07) is 0. The molecule has 0 heterocycles. The number of carbonyl (C=O) groups excluding carboxylic acids is 2. The molecule has 0 saturated carbocycles. The Morgan fingerprint density at radius 1 is 0.811 bits per heavy atom. The van der Waals surface area contributed by atoms with E-state index in [2.05, 4.69) is 31.3 Å². The van der Waals surface area contributed by atoms with E-state index in [0.717, 1.165) is 64.2 Å². The van der Waals surface area contributed by atoms with Crippen LogP contribution in [0.5, 0.6) is 0 Å². The summed E-state index contributed by atoms with van der Waals surface area (Å²) in [4.78, 5) is 33.1. The molecule has 0 aliphatic rings. The van der Waals surface area contributed by atoms with Gasteiger partial charge in [-0.25, -0.2) is 4.57 Å². The van der Waals surface area contributed by atoms with Gasteiger partial charge in [0.05, 0.1) is 13.2 Å². The number of hydrogen-bond acceptors (Lipinski definition) is 7. The van der Waals surface area contributed by atoms with Crippen LogP contribution < -0.4 is 5.32 Å². The predicted molar refractivity (Wildman–Crippen MR) is 146 cm³/mol. The highest BCUT2D eigenvalue weighted by atomic mass is 31.2. The molecule has 2 unspecified atom stereocenters. The molecule has 0 radical (unpaired) electrons. The van der Waals surface area contributed by atoms with E-state index in [1.807, 2.05) is 0 Å². The Hall–Kier alpha value is -1.25. The Balaban J connectivity index is 3.69. The Labute approximate surface area is 224 Å². The third-order valence-corrected chi connectivity index (χ3v) is 6.68. The van der Waals surface area contributed by atoms with Crippen molar-refractivity contribution in [2.45, 2.75) is 123 Å². The van der Waals surface area contributed by atoms with Crippen LogP contribution in [-0.4, -0.2) is 54.3 Å². The van der Waals surface area contributed by atoms with Gasteiger partial charge >= 0.3 is 13.8 Å². The van der Waals surface area contributed by atoms with Crippen molar-refractivity contribution < 1.29 is 37.9 Å². The van der Waals surface area contributed by atoms with E-state index < -0.39 is 26.5 Å². The molecule has 0 aromatic heterocycles. The standard InChI is InChI=1S/C27H52NO8P/c1-3-5-7-9-10-11-12-13-14-15-16-18-20-27(31)34-23-25(29)24-36-37(32,33)35-22-21-28-26(30)19-17-8-6-4-2/h10-11,25,29H,3-9,12-24H2,1-2H3,(H,28,30)(H,32,33)/b11-10-. The maximum atomic E-state index is 11.9. The van der Waals surface area contributed by atoms with Crippen molar-refractivity contribution in [3.8, 4) is 0 Å². The highest BCUT2D eigenvalue weighted by Crippen LogP contribution is 2.42. The summed E-state index contributed by atoms with van der Waals surface area (Å²) in [6.07, 6.45) is 19.1. The van der Waals surface area contributed by atoms with Crippen molar-refractivity contribution in [2.24, 2.45) is 0 Å². The number of aliphatic hydroxyl groups is 1. The van der Waals surface area contributed by atoms with Crippen LogP contribution in [0.15, 0.2) is 12.2 Å². The summed E-state index contributed by atoms with van der Waals surface area (Å²) >= 11 is 0. The van der Waals surface area contributed by atoms with Gasteiger partial charge in [0.2, 0.25) is 5.91 Å². The molecule has 0 aliphatic carbocycles. The van der Waals surface area contributed by atoms with Gasteiger partial charge in [-0.2, -0.15) is 0 Å². The number of hydrogen-bond donors (Lipinski definition) is 3. The number of amides is 1. The zero-order valence-electron chi connectivity index (χ0n) is 23.2. The first kappa shape index (κ1) is 35.8. The van der Waals surface area contributed by atoms with E-state index in [4.69, 9.17) is 13.8 Å². The van der Waals surface area contributed by atoms with Crippen molar-refractivity contribution in [3.05, 3.63) is 12.2 Å². The Morgan fingerprint density at radius 3 is 2.08 bits per heavy atom. The van der Waals surface area contributed by atoms with Gasteiger partial charge in [0.25, 0.3) is 0 Å². The molecule has 2 atom stereocenters. The lowest BCUT2D eigenvalue weighted by Crippen LogP contribution is -2.27. The summed E-state index contributed by atoms with van der Waals surface area (Å²) < 4.78 is 26.4. The predicted octanol–water partition coefficient (Wildman–Crippen LogP) is 5.98. The maximum absolute atomic E-state index is 11.9. The molecule has 0 fully saturated rings. The molecule has 0 aromatic carbocycles. The highest BCUT2D eigenvalue weighted by Gasteiger charge is 2.23. The van der Waals surface area contributed by atoms with Gasteiger partial charge in [-0.3, -0.25) is 18.6 Å². The van der Waals surface area contributed by atoms with E-state index >= 15 is 0 Å². The molecule has 0 saturated heterocycles.